The van der Waals surface area contributed by atoms with E-state index in [1.807, 2.05) is 0 Å². The highest BCUT2D eigenvalue weighted by atomic mass is 15.0. The van der Waals surface area contributed by atoms with Crippen molar-refractivity contribution in [3.05, 3.63) is 58.9 Å². The lowest BCUT2D eigenvalue weighted by Crippen LogP contribution is -2.38. The van der Waals surface area contributed by atoms with Crippen LogP contribution < -0.4 is 4.57 Å². The molecule has 0 N–H and O–H groups in total. The SMILES string of the molecule is Cc1ccc(C)[n+]2c1C(C)(C)c1ccccc1-2. The molecule has 0 saturated carbocycles. The van der Waals surface area contributed by atoms with E-state index in [-0.39, 0.29) is 5.41 Å². The van der Waals surface area contributed by atoms with Gasteiger partial charge >= 0.3 is 0 Å². The first-order valence-corrected chi connectivity index (χ1v) is 6.16. The average Bonchev–Trinajstić information content (AvgIpc) is 2.55. The summed E-state index contributed by atoms with van der Waals surface area (Å²) < 4.78 is 2.41. The van der Waals surface area contributed by atoms with Crippen LogP contribution in [0.5, 0.6) is 0 Å². The molecule has 1 aromatic heterocycles. The van der Waals surface area contributed by atoms with Gasteiger partial charge in [-0.1, -0.05) is 18.2 Å². The molecule has 0 fully saturated rings. The van der Waals surface area contributed by atoms with Gasteiger partial charge in [0, 0.05) is 30.2 Å². The summed E-state index contributed by atoms with van der Waals surface area (Å²) in [6.07, 6.45) is 0. The molecule has 3 rings (SSSR count). The molecule has 0 bridgehead atoms. The van der Waals surface area contributed by atoms with E-state index in [0.29, 0.717) is 0 Å². The summed E-state index contributed by atoms with van der Waals surface area (Å²) in [6, 6.07) is 13.2. The van der Waals surface area contributed by atoms with Gasteiger partial charge in [-0.3, -0.25) is 0 Å². The summed E-state index contributed by atoms with van der Waals surface area (Å²) in [5, 5.41) is 0. The van der Waals surface area contributed by atoms with Crippen molar-refractivity contribution in [3.63, 3.8) is 0 Å². The van der Waals surface area contributed by atoms with Gasteiger partial charge in [-0.05, 0) is 26.8 Å². The highest BCUT2D eigenvalue weighted by molar-refractivity contribution is 5.49. The smallest absolute Gasteiger partial charge is 0.161 e. The second-order valence-electron chi connectivity index (χ2n) is 5.48. The van der Waals surface area contributed by atoms with Gasteiger partial charge in [0.1, 0.15) is 0 Å². The Morgan fingerprint density at radius 1 is 0.941 bits per heavy atom. The highest BCUT2D eigenvalue weighted by Gasteiger charge is 2.45. The van der Waals surface area contributed by atoms with Crippen LogP contribution >= 0.6 is 0 Å². The lowest BCUT2D eigenvalue weighted by Gasteiger charge is -2.15. The van der Waals surface area contributed by atoms with Crippen molar-refractivity contribution < 1.29 is 4.57 Å². The summed E-state index contributed by atoms with van der Waals surface area (Å²) in [6.45, 7) is 9.02. The highest BCUT2D eigenvalue weighted by Crippen LogP contribution is 2.39. The first kappa shape index (κ1) is 10.5. The Morgan fingerprint density at radius 2 is 1.65 bits per heavy atom. The van der Waals surface area contributed by atoms with E-state index in [0.717, 1.165) is 0 Å². The summed E-state index contributed by atoms with van der Waals surface area (Å²) >= 11 is 0. The maximum absolute atomic E-state index is 2.41. The average molecular weight is 224 g/mol. The summed E-state index contributed by atoms with van der Waals surface area (Å²) in [7, 11) is 0. The summed E-state index contributed by atoms with van der Waals surface area (Å²) in [5.41, 5.74) is 6.98. The molecule has 1 aliphatic rings. The molecular weight excluding hydrogens is 206 g/mol. The molecule has 2 aromatic rings. The van der Waals surface area contributed by atoms with Gasteiger partial charge < -0.3 is 0 Å². The van der Waals surface area contributed by atoms with Gasteiger partial charge in [0.2, 0.25) is 11.4 Å². The molecule has 1 heteroatoms. The Kier molecular flexibility index (Phi) is 1.97. The zero-order valence-corrected chi connectivity index (χ0v) is 10.9. The Morgan fingerprint density at radius 3 is 2.41 bits per heavy atom. The number of hydrogen-bond acceptors (Lipinski definition) is 0. The molecule has 1 nitrogen and oxygen atoms in total. The number of rotatable bonds is 0. The predicted molar refractivity (Wildman–Crippen MR) is 69.6 cm³/mol. The minimum Gasteiger partial charge on any atom is -0.161 e. The van der Waals surface area contributed by atoms with Gasteiger partial charge in [0.25, 0.3) is 0 Å². The fraction of sp³-hybridized carbons (Fsp3) is 0.312. The maximum atomic E-state index is 2.41. The number of pyridine rings is 1. The van der Waals surface area contributed by atoms with Crippen LogP contribution in [0.3, 0.4) is 0 Å². The second kappa shape index (κ2) is 3.19. The Hall–Kier alpha value is -1.63. The van der Waals surface area contributed by atoms with Gasteiger partial charge in [0.05, 0.1) is 5.41 Å². The van der Waals surface area contributed by atoms with Crippen molar-refractivity contribution in [1.29, 1.82) is 0 Å². The van der Waals surface area contributed by atoms with Gasteiger partial charge in [0.15, 0.2) is 5.69 Å². The second-order valence-corrected chi connectivity index (χ2v) is 5.48. The number of aromatic nitrogens is 1. The molecule has 0 spiro atoms. The van der Waals surface area contributed by atoms with Crippen molar-refractivity contribution in [3.8, 4) is 5.69 Å². The Labute approximate surface area is 103 Å². The third-order valence-corrected chi connectivity index (χ3v) is 3.93. The van der Waals surface area contributed by atoms with E-state index in [1.165, 1.54) is 28.2 Å². The molecular formula is C16H18N+. The van der Waals surface area contributed by atoms with Gasteiger partial charge in [-0.25, -0.2) is 0 Å². The molecule has 2 heterocycles. The van der Waals surface area contributed by atoms with Crippen LogP contribution in [0.2, 0.25) is 0 Å². The van der Waals surface area contributed by atoms with E-state index in [9.17, 15) is 0 Å². The number of nitrogens with zero attached hydrogens (tertiary/aromatic N) is 1. The molecule has 0 radical (unpaired) electrons. The molecule has 86 valence electrons. The third-order valence-electron chi connectivity index (χ3n) is 3.93. The van der Waals surface area contributed by atoms with Crippen LogP contribution in [0.15, 0.2) is 36.4 Å². The third kappa shape index (κ3) is 1.22. The Balaban J connectivity index is 2.48. The van der Waals surface area contributed by atoms with Crippen LogP contribution in [0.25, 0.3) is 5.69 Å². The molecule has 17 heavy (non-hydrogen) atoms. The quantitative estimate of drug-likeness (QED) is 0.605. The Bertz CT molecular complexity index is 609. The number of aryl methyl sites for hydroxylation is 2. The normalized spacial score (nSPS) is 15.5. The van der Waals surface area contributed by atoms with Crippen LogP contribution in [-0.4, -0.2) is 0 Å². The van der Waals surface area contributed by atoms with Crippen LogP contribution in [-0.2, 0) is 5.41 Å². The fourth-order valence-electron chi connectivity index (χ4n) is 3.16. The lowest BCUT2D eigenvalue weighted by atomic mass is 9.81. The maximum Gasteiger partial charge on any atom is 0.215 e. The van der Waals surface area contributed by atoms with E-state index < -0.39 is 0 Å². The molecule has 1 aromatic carbocycles. The molecule has 0 saturated heterocycles. The summed E-state index contributed by atoms with van der Waals surface area (Å²) in [4.78, 5) is 0. The van der Waals surface area contributed by atoms with Gasteiger partial charge in [-0.15, -0.1) is 0 Å². The van der Waals surface area contributed by atoms with Crippen molar-refractivity contribution in [2.75, 3.05) is 0 Å². The largest absolute Gasteiger partial charge is 0.215 e. The first-order valence-electron chi connectivity index (χ1n) is 6.16. The van der Waals surface area contributed by atoms with E-state index >= 15 is 0 Å². The predicted octanol–water partition coefficient (Wildman–Crippen LogP) is 3.22. The van der Waals surface area contributed by atoms with Crippen molar-refractivity contribution in [2.24, 2.45) is 0 Å². The van der Waals surface area contributed by atoms with E-state index in [1.54, 1.807) is 0 Å². The van der Waals surface area contributed by atoms with Crippen molar-refractivity contribution in [2.45, 2.75) is 33.1 Å². The molecule has 1 aliphatic heterocycles. The number of hydrogen-bond donors (Lipinski definition) is 0. The zero-order valence-electron chi connectivity index (χ0n) is 10.9. The van der Waals surface area contributed by atoms with Crippen LogP contribution in [0.4, 0.5) is 0 Å². The van der Waals surface area contributed by atoms with E-state index in [2.05, 4.69) is 68.7 Å². The van der Waals surface area contributed by atoms with Gasteiger partial charge in [-0.2, -0.15) is 4.57 Å². The molecule has 0 aliphatic carbocycles. The molecule has 0 amide bonds. The minimum absolute atomic E-state index is 0.104. The van der Waals surface area contributed by atoms with Crippen molar-refractivity contribution >= 4 is 0 Å². The number of para-hydroxylation sites is 1. The standard InChI is InChI=1S/C16H18N/c1-11-9-10-12(2)17-14-8-6-5-7-13(14)16(3,4)15(11)17/h5-10H,1-4H3/q+1. The monoisotopic (exact) mass is 224 g/mol. The molecule has 0 atom stereocenters. The lowest BCUT2D eigenvalue weighted by molar-refractivity contribution is -0.607. The zero-order chi connectivity index (χ0) is 12.2. The molecule has 0 unspecified atom stereocenters. The minimum atomic E-state index is 0.104. The summed E-state index contributed by atoms with van der Waals surface area (Å²) in [5.74, 6) is 0. The topological polar surface area (TPSA) is 3.88 Å². The van der Waals surface area contributed by atoms with Crippen molar-refractivity contribution in [1.82, 2.24) is 0 Å². The first-order chi connectivity index (χ1) is 8.03. The fourth-order valence-corrected chi connectivity index (χ4v) is 3.16. The number of fused-ring (bicyclic) bond motifs is 3. The van der Waals surface area contributed by atoms with E-state index in [4.69, 9.17) is 0 Å². The number of benzene rings is 1. The van der Waals surface area contributed by atoms with Crippen LogP contribution in [0.1, 0.15) is 36.4 Å². The van der Waals surface area contributed by atoms with Crippen LogP contribution in [0, 0.1) is 13.8 Å².